The van der Waals surface area contributed by atoms with Crippen LogP contribution in [0.25, 0.3) is 0 Å². The summed E-state index contributed by atoms with van der Waals surface area (Å²) >= 11 is 0. The Kier molecular flexibility index (Phi) is 6.12. The normalized spacial score (nSPS) is 18.0. The Morgan fingerprint density at radius 1 is 0.759 bits per heavy atom. The summed E-state index contributed by atoms with van der Waals surface area (Å²) in [4.78, 5) is 5.00. The summed E-state index contributed by atoms with van der Waals surface area (Å²) in [6.45, 7) is 17.4. The van der Waals surface area contributed by atoms with Gasteiger partial charge in [0.05, 0.1) is 6.04 Å². The second kappa shape index (κ2) is 8.12. The van der Waals surface area contributed by atoms with E-state index in [0.717, 1.165) is 37.3 Å². The molecule has 0 amide bonds. The number of piperazine rings is 1. The molecule has 0 radical (unpaired) electrons. The number of likely N-dealkylation sites (N-methyl/N-ethyl adjacent to an activating group) is 1. The van der Waals surface area contributed by atoms with Gasteiger partial charge in [0.2, 0.25) is 0 Å². The summed E-state index contributed by atoms with van der Waals surface area (Å²) in [6, 6.07) is 15.5. The van der Waals surface area contributed by atoms with Crippen molar-refractivity contribution in [1.82, 2.24) is 9.80 Å². The molecule has 0 aromatic heterocycles. The van der Waals surface area contributed by atoms with Crippen molar-refractivity contribution < 1.29 is 5.11 Å². The minimum absolute atomic E-state index is 0.122. The summed E-state index contributed by atoms with van der Waals surface area (Å²) in [7, 11) is 2.20. The van der Waals surface area contributed by atoms with Gasteiger partial charge in [-0.3, -0.25) is 4.90 Å². The highest BCUT2D eigenvalue weighted by atomic mass is 16.3. The van der Waals surface area contributed by atoms with Crippen LogP contribution in [0.5, 0.6) is 5.75 Å². The molecule has 3 heteroatoms. The standard InChI is InChI=1S/C26H38N2O/c1-25(2,3)21-17-20(18-22(24(21)29)26(4,5)6)23(19-11-9-8-10-12-19)28-15-13-27(7)14-16-28/h8-12,17-18,23,29H,13-16H2,1-7H3. The van der Waals surface area contributed by atoms with Crippen LogP contribution in [-0.2, 0) is 10.8 Å². The van der Waals surface area contributed by atoms with Crippen LogP contribution >= 0.6 is 0 Å². The Bertz CT molecular complexity index is 787. The molecule has 1 unspecified atom stereocenters. The summed E-state index contributed by atoms with van der Waals surface area (Å²) in [5.41, 5.74) is 4.44. The van der Waals surface area contributed by atoms with Crippen LogP contribution in [0.4, 0.5) is 0 Å². The van der Waals surface area contributed by atoms with E-state index in [4.69, 9.17) is 0 Å². The molecular weight excluding hydrogens is 356 g/mol. The molecule has 1 aliphatic rings. The molecule has 1 atom stereocenters. The molecule has 3 nitrogen and oxygen atoms in total. The predicted molar refractivity (Wildman–Crippen MR) is 123 cm³/mol. The van der Waals surface area contributed by atoms with Crippen LogP contribution in [0.15, 0.2) is 42.5 Å². The van der Waals surface area contributed by atoms with Crippen molar-refractivity contribution in [3.63, 3.8) is 0 Å². The van der Waals surface area contributed by atoms with Gasteiger partial charge in [-0.1, -0.05) is 71.9 Å². The van der Waals surface area contributed by atoms with Gasteiger partial charge in [-0.05, 0) is 52.3 Å². The Morgan fingerprint density at radius 2 is 1.24 bits per heavy atom. The molecule has 2 aromatic carbocycles. The van der Waals surface area contributed by atoms with Crippen LogP contribution in [-0.4, -0.2) is 48.1 Å². The summed E-state index contributed by atoms with van der Waals surface area (Å²) in [5, 5.41) is 11.2. The Balaban J connectivity index is 2.19. The Labute approximate surface area is 177 Å². The number of rotatable bonds is 3. The maximum absolute atomic E-state index is 11.2. The maximum Gasteiger partial charge on any atom is 0.123 e. The van der Waals surface area contributed by atoms with Gasteiger partial charge in [0.15, 0.2) is 0 Å². The SMILES string of the molecule is CN1CCN(C(c2ccccc2)c2cc(C(C)(C)C)c(O)c(C(C)(C)C)c2)CC1. The minimum atomic E-state index is -0.122. The third-order valence-corrected chi connectivity index (χ3v) is 6.08. The van der Waals surface area contributed by atoms with Crippen LogP contribution in [0, 0.1) is 0 Å². The molecule has 29 heavy (non-hydrogen) atoms. The molecule has 1 heterocycles. The number of phenolic OH excluding ortho intramolecular Hbond substituents is 1. The fourth-order valence-corrected chi connectivity index (χ4v) is 4.29. The lowest BCUT2D eigenvalue weighted by molar-refractivity contribution is 0.127. The van der Waals surface area contributed by atoms with Gasteiger partial charge in [0, 0.05) is 26.2 Å². The number of phenols is 1. The van der Waals surface area contributed by atoms with E-state index in [2.05, 4.69) is 101 Å². The average molecular weight is 395 g/mol. The molecule has 1 saturated heterocycles. The highest BCUT2D eigenvalue weighted by Crippen LogP contribution is 2.42. The molecule has 1 N–H and O–H groups in total. The van der Waals surface area contributed by atoms with Crippen LogP contribution in [0.3, 0.4) is 0 Å². The first-order valence-electron chi connectivity index (χ1n) is 10.8. The first-order chi connectivity index (χ1) is 13.5. The Morgan fingerprint density at radius 3 is 1.69 bits per heavy atom. The van der Waals surface area contributed by atoms with Gasteiger partial charge in [0.25, 0.3) is 0 Å². The van der Waals surface area contributed by atoms with Gasteiger partial charge in [-0.2, -0.15) is 0 Å². The predicted octanol–water partition coefficient (Wildman–Crippen LogP) is 5.32. The van der Waals surface area contributed by atoms with Gasteiger partial charge < -0.3 is 10.0 Å². The van der Waals surface area contributed by atoms with Crippen LogP contribution < -0.4 is 0 Å². The number of hydrogen-bond acceptors (Lipinski definition) is 3. The second-order valence-electron chi connectivity index (χ2n) is 10.6. The molecule has 1 fully saturated rings. The third-order valence-electron chi connectivity index (χ3n) is 6.08. The van der Waals surface area contributed by atoms with E-state index in [-0.39, 0.29) is 16.9 Å². The molecule has 0 saturated carbocycles. The van der Waals surface area contributed by atoms with Gasteiger partial charge in [-0.25, -0.2) is 0 Å². The smallest absolute Gasteiger partial charge is 0.123 e. The number of benzene rings is 2. The lowest BCUT2D eigenvalue weighted by Crippen LogP contribution is -2.46. The summed E-state index contributed by atoms with van der Waals surface area (Å²) in [5.74, 6) is 0.457. The summed E-state index contributed by atoms with van der Waals surface area (Å²) < 4.78 is 0. The number of nitrogens with zero attached hydrogens (tertiary/aromatic N) is 2. The first-order valence-corrected chi connectivity index (χ1v) is 10.8. The lowest BCUT2D eigenvalue weighted by Gasteiger charge is -2.39. The zero-order chi connectivity index (χ0) is 21.4. The quantitative estimate of drug-likeness (QED) is 0.763. The van der Waals surface area contributed by atoms with Crippen molar-refractivity contribution in [2.75, 3.05) is 33.2 Å². The molecule has 0 bridgehead atoms. The van der Waals surface area contributed by atoms with Gasteiger partial charge in [0.1, 0.15) is 5.75 Å². The third kappa shape index (κ3) is 4.84. The molecule has 158 valence electrons. The second-order valence-corrected chi connectivity index (χ2v) is 10.6. The van der Waals surface area contributed by atoms with E-state index in [1.165, 1.54) is 11.1 Å². The minimum Gasteiger partial charge on any atom is -0.507 e. The molecular formula is C26H38N2O. The zero-order valence-corrected chi connectivity index (χ0v) is 19.3. The fraction of sp³-hybridized carbons (Fsp3) is 0.538. The maximum atomic E-state index is 11.2. The van der Waals surface area contributed by atoms with E-state index in [1.54, 1.807) is 0 Å². The molecule has 0 spiro atoms. The van der Waals surface area contributed by atoms with Crippen LogP contribution in [0.1, 0.15) is 69.8 Å². The molecule has 3 rings (SSSR count). The largest absolute Gasteiger partial charge is 0.507 e. The summed E-state index contributed by atoms with van der Waals surface area (Å²) in [6.07, 6.45) is 0. The van der Waals surface area contributed by atoms with Crippen molar-refractivity contribution in [2.45, 2.75) is 58.4 Å². The highest BCUT2D eigenvalue weighted by Gasteiger charge is 2.31. The average Bonchev–Trinajstić information content (AvgIpc) is 2.63. The van der Waals surface area contributed by atoms with Gasteiger partial charge in [-0.15, -0.1) is 0 Å². The van der Waals surface area contributed by atoms with E-state index in [1.807, 2.05) is 0 Å². The molecule has 1 aliphatic heterocycles. The molecule has 0 aliphatic carbocycles. The first kappa shape index (κ1) is 21.9. The van der Waals surface area contributed by atoms with Crippen LogP contribution in [0.2, 0.25) is 0 Å². The highest BCUT2D eigenvalue weighted by molar-refractivity contribution is 5.52. The zero-order valence-electron chi connectivity index (χ0n) is 19.3. The van der Waals surface area contributed by atoms with E-state index in [9.17, 15) is 5.11 Å². The topological polar surface area (TPSA) is 26.7 Å². The monoisotopic (exact) mass is 394 g/mol. The fourth-order valence-electron chi connectivity index (χ4n) is 4.29. The number of hydrogen-bond donors (Lipinski definition) is 1. The van der Waals surface area contributed by atoms with Gasteiger partial charge >= 0.3 is 0 Å². The van der Waals surface area contributed by atoms with Crippen molar-refractivity contribution in [3.05, 3.63) is 64.7 Å². The number of aromatic hydroxyl groups is 1. The Hall–Kier alpha value is -1.84. The van der Waals surface area contributed by atoms with E-state index in [0.29, 0.717) is 5.75 Å². The molecule has 2 aromatic rings. The lowest BCUT2D eigenvalue weighted by atomic mass is 9.77. The van der Waals surface area contributed by atoms with Crippen molar-refractivity contribution in [2.24, 2.45) is 0 Å². The van der Waals surface area contributed by atoms with E-state index < -0.39 is 0 Å². The van der Waals surface area contributed by atoms with E-state index >= 15 is 0 Å². The van der Waals surface area contributed by atoms with Crippen molar-refractivity contribution in [3.8, 4) is 5.75 Å². The van der Waals surface area contributed by atoms with Crippen molar-refractivity contribution in [1.29, 1.82) is 0 Å². The van der Waals surface area contributed by atoms with Crippen molar-refractivity contribution >= 4 is 0 Å².